The Balaban J connectivity index is 2.28. The summed E-state index contributed by atoms with van der Waals surface area (Å²) < 4.78 is 0. The van der Waals surface area contributed by atoms with Gasteiger partial charge in [-0.3, -0.25) is 4.79 Å². The summed E-state index contributed by atoms with van der Waals surface area (Å²) in [5, 5.41) is 19.7. The van der Waals surface area contributed by atoms with E-state index in [2.05, 4.69) is 6.58 Å². The van der Waals surface area contributed by atoms with Crippen LogP contribution in [0.15, 0.2) is 67.0 Å². The third-order valence-corrected chi connectivity index (χ3v) is 2.92. The van der Waals surface area contributed by atoms with Crippen molar-refractivity contribution in [3.05, 3.63) is 72.5 Å². The summed E-state index contributed by atoms with van der Waals surface area (Å²) in [6.07, 6.45) is 5.46. The average molecular weight is 242 g/mol. The van der Waals surface area contributed by atoms with E-state index in [-0.39, 0.29) is 11.5 Å². The smallest absolute Gasteiger partial charge is 0.177 e. The maximum Gasteiger partial charge on any atom is 0.177 e. The minimum Gasteiger partial charge on any atom is -0.511 e. The van der Waals surface area contributed by atoms with Crippen LogP contribution < -0.4 is 0 Å². The molecule has 0 aliphatic heterocycles. The van der Waals surface area contributed by atoms with Crippen molar-refractivity contribution in [3.63, 3.8) is 0 Å². The zero-order valence-corrected chi connectivity index (χ0v) is 9.78. The zero-order chi connectivity index (χ0) is 13.2. The molecule has 0 aromatic heterocycles. The molecule has 2 atom stereocenters. The molecule has 0 bridgehead atoms. The predicted octanol–water partition coefficient (Wildman–Crippen LogP) is 2.41. The van der Waals surface area contributed by atoms with Crippen molar-refractivity contribution in [1.82, 2.24) is 0 Å². The number of rotatable bonds is 3. The van der Waals surface area contributed by atoms with E-state index in [0.717, 1.165) is 0 Å². The minimum atomic E-state index is -1.38. The Labute approximate surface area is 105 Å². The van der Waals surface area contributed by atoms with Gasteiger partial charge in [-0.2, -0.15) is 0 Å². The molecule has 2 N–H and O–H groups in total. The molecule has 18 heavy (non-hydrogen) atoms. The molecule has 3 nitrogen and oxygen atoms in total. The molecule has 0 saturated carbocycles. The van der Waals surface area contributed by atoms with Crippen molar-refractivity contribution >= 4 is 5.78 Å². The lowest BCUT2D eigenvalue weighted by molar-refractivity contribution is 0.0930. The molecule has 92 valence electrons. The van der Waals surface area contributed by atoms with E-state index in [4.69, 9.17) is 0 Å². The van der Waals surface area contributed by atoms with Gasteiger partial charge in [-0.1, -0.05) is 49.1 Å². The Bertz CT molecular complexity index is 528. The van der Waals surface area contributed by atoms with Crippen LogP contribution in [-0.2, 0) is 0 Å². The second kappa shape index (κ2) is 4.63. The van der Waals surface area contributed by atoms with Crippen molar-refractivity contribution in [3.8, 4) is 0 Å². The Kier molecular flexibility index (Phi) is 3.17. The molecule has 3 heteroatoms. The summed E-state index contributed by atoms with van der Waals surface area (Å²) in [6, 6.07) is 8.73. The van der Waals surface area contributed by atoms with Gasteiger partial charge in [-0.15, -0.1) is 0 Å². The maximum absolute atomic E-state index is 12.1. The fraction of sp³-hybridized carbons (Fsp3) is 0.133. The molecule has 1 aliphatic carbocycles. The van der Waals surface area contributed by atoms with Gasteiger partial charge in [0.25, 0.3) is 0 Å². The second-order valence-electron chi connectivity index (χ2n) is 4.23. The number of Topliss-reactive ketones (excluding diaryl/α,β-unsaturated/α-hetero) is 1. The molecule has 0 spiro atoms. The van der Waals surface area contributed by atoms with Gasteiger partial charge in [0, 0.05) is 5.56 Å². The van der Waals surface area contributed by atoms with Crippen LogP contribution in [0.25, 0.3) is 0 Å². The van der Waals surface area contributed by atoms with E-state index < -0.39 is 11.5 Å². The molecule has 0 fully saturated rings. The molecule has 0 amide bonds. The second-order valence-corrected chi connectivity index (χ2v) is 4.23. The highest BCUT2D eigenvalue weighted by atomic mass is 16.3. The highest BCUT2D eigenvalue weighted by molar-refractivity contribution is 6.00. The monoisotopic (exact) mass is 242 g/mol. The first-order valence-electron chi connectivity index (χ1n) is 5.62. The Morgan fingerprint density at radius 2 is 2.00 bits per heavy atom. The van der Waals surface area contributed by atoms with Gasteiger partial charge < -0.3 is 10.2 Å². The summed E-state index contributed by atoms with van der Waals surface area (Å²) in [7, 11) is 0. The summed E-state index contributed by atoms with van der Waals surface area (Å²) in [5.74, 6) is -1.10. The van der Waals surface area contributed by atoms with E-state index in [1.165, 1.54) is 24.3 Å². The molecule has 1 aromatic carbocycles. The molecule has 0 radical (unpaired) electrons. The van der Waals surface area contributed by atoms with Crippen LogP contribution in [0.3, 0.4) is 0 Å². The third kappa shape index (κ3) is 2.26. The number of hydrogen-bond acceptors (Lipinski definition) is 3. The molecule has 2 rings (SSSR count). The largest absolute Gasteiger partial charge is 0.511 e. The van der Waals surface area contributed by atoms with Gasteiger partial charge in [-0.05, 0) is 12.2 Å². The number of allylic oxidation sites excluding steroid dienone is 1. The topological polar surface area (TPSA) is 57.5 Å². The SMILES string of the molecule is C=CC1(O)C=CC(C(=O)c2ccccc2)C(O)=C1. The Morgan fingerprint density at radius 1 is 1.33 bits per heavy atom. The van der Waals surface area contributed by atoms with E-state index in [0.29, 0.717) is 5.56 Å². The summed E-state index contributed by atoms with van der Waals surface area (Å²) in [4.78, 5) is 12.1. The highest BCUT2D eigenvalue weighted by Gasteiger charge is 2.29. The van der Waals surface area contributed by atoms with E-state index in [9.17, 15) is 15.0 Å². The summed E-state index contributed by atoms with van der Waals surface area (Å²) in [5.41, 5.74) is -0.853. The zero-order valence-electron chi connectivity index (χ0n) is 9.78. The van der Waals surface area contributed by atoms with E-state index in [1.807, 2.05) is 6.07 Å². The van der Waals surface area contributed by atoms with Gasteiger partial charge in [-0.25, -0.2) is 0 Å². The molecule has 1 aromatic rings. The molecule has 0 heterocycles. The number of carbonyl (C=O) groups is 1. The van der Waals surface area contributed by atoms with Gasteiger partial charge in [0.05, 0.1) is 5.92 Å². The quantitative estimate of drug-likeness (QED) is 0.632. The molecule has 1 aliphatic rings. The predicted molar refractivity (Wildman–Crippen MR) is 69.3 cm³/mol. The third-order valence-electron chi connectivity index (χ3n) is 2.92. The average Bonchev–Trinajstić information content (AvgIpc) is 2.39. The maximum atomic E-state index is 12.1. The number of hydrogen-bond donors (Lipinski definition) is 2. The molecule has 2 unspecified atom stereocenters. The Hall–Kier alpha value is -2.13. The van der Waals surface area contributed by atoms with Gasteiger partial charge in [0.15, 0.2) is 5.78 Å². The number of ketones is 1. The fourth-order valence-electron chi connectivity index (χ4n) is 1.85. The van der Waals surface area contributed by atoms with Crippen LogP contribution in [0.5, 0.6) is 0 Å². The van der Waals surface area contributed by atoms with Crippen molar-refractivity contribution < 1.29 is 15.0 Å². The lowest BCUT2D eigenvalue weighted by Crippen LogP contribution is -2.27. The van der Waals surface area contributed by atoms with Crippen LogP contribution in [0.4, 0.5) is 0 Å². The van der Waals surface area contributed by atoms with Crippen molar-refractivity contribution in [2.75, 3.05) is 0 Å². The van der Waals surface area contributed by atoms with Crippen LogP contribution in [0.2, 0.25) is 0 Å². The number of aliphatic hydroxyl groups is 2. The first-order chi connectivity index (χ1) is 8.56. The normalized spacial score (nSPS) is 26.5. The fourth-order valence-corrected chi connectivity index (χ4v) is 1.85. The lowest BCUT2D eigenvalue weighted by Gasteiger charge is -2.23. The standard InChI is InChI=1S/C15H14O3/c1-2-15(18)9-8-12(13(16)10-15)14(17)11-6-4-3-5-7-11/h2-10,12,16,18H,1H2. The lowest BCUT2D eigenvalue weighted by atomic mass is 9.86. The highest BCUT2D eigenvalue weighted by Crippen LogP contribution is 2.26. The first kappa shape index (κ1) is 12.3. The molecular weight excluding hydrogens is 228 g/mol. The van der Waals surface area contributed by atoms with E-state index >= 15 is 0 Å². The van der Waals surface area contributed by atoms with Crippen molar-refractivity contribution in [1.29, 1.82) is 0 Å². The van der Waals surface area contributed by atoms with Gasteiger partial charge >= 0.3 is 0 Å². The van der Waals surface area contributed by atoms with Crippen molar-refractivity contribution in [2.24, 2.45) is 5.92 Å². The van der Waals surface area contributed by atoms with Crippen molar-refractivity contribution in [2.45, 2.75) is 5.60 Å². The number of aliphatic hydroxyl groups excluding tert-OH is 1. The van der Waals surface area contributed by atoms with Crippen LogP contribution >= 0.6 is 0 Å². The van der Waals surface area contributed by atoms with Crippen LogP contribution in [0, 0.1) is 5.92 Å². The molecule has 0 saturated heterocycles. The molecular formula is C15H14O3. The first-order valence-corrected chi connectivity index (χ1v) is 5.62. The number of benzene rings is 1. The summed E-state index contributed by atoms with van der Waals surface area (Å²) >= 11 is 0. The van der Waals surface area contributed by atoms with E-state index in [1.54, 1.807) is 24.3 Å². The minimum absolute atomic E-state index is 0.159. The van der Waals surface area contributed by atoms with Gasteiger partial charge in [0.2, 0.25) is 0 Å². The van der Waals surface area contributed by atoms with Gasteiger partial charge in [0.1, 0.15) is 11.4 Å². The van der Waals surface area contributed by atoms with Crippen LogP contribution in [0.1, 0.15) is 10.4 Å². The summed E-state index contributed by atoms with van der Waals surface area (Å²) in [6.45, 7) is 3.48. The number of carbonyl (C=O) groups excluding carboxylic acids is 1. The Morgan fingerprint density at radius 3 is 2.56 bits per heavy atom. The van der Waals surface area contributed by atoms with Crippen LogP contribution in [-0.4, -0.2) is 21.6 Å².